The molecule has 108 valence electrons. The Labute approximate surface area is 114 Å². The summed E-state index contributed by atoms with van der Waals surface area (Å²) in [5.74, 6) is -0.737. The normalized spacial score (nSPS) is 38.5. The Kier molecular flexibility index (Phi) is 4.48. The van der Waals surface area contributed by atoms with Crippen LogP contribution in [-0.4, -0.2) is 22.2 Å². The Hall–Kier alpha value is -1.06. The van der Waals surface area contributed by atoms with E-state index in [1.54, 1.807) is 0 Å². The zero-order chi connectivity index (χ0) is 14.0. The van der Waals surface area contributed by atoms with E-state index in [-0.39, 0.29) is 11.8 Å². The third-order valence-electron chi connectivity index (χ3n) is 5.20. The van der Waals surface area contributed by atoms with E-state index in [9.17, 15) is 14.7 Å². The van der Waals surface area contributed by atoms with Gasteiger partial charge in [-0.05, 0) is 56.3 Å². The van der Waals surface area contributed by atoms with Crippen LogP contribution in [0.25, 0.3) is 0 Å². The van der Waals surface area contributed by atoms with Crippen LogP contribution >= 0.6 is 0 Å². The summed E-state index contributed by atoms with van der Waals surface area (Å²) in [6.45, 7) is 2.10. The van der Waals surface area contributed by atoms with Crippen molar-refractivity contribution in [2.24, 2.45) is 29.6 Å². The van der Waals surface area contributed by atoms with Crippen LogP contribution in [0.3, 0.4) is 0 Å². The molecule has 2 fully saturated rings. The summed E-state index contributed by atoms with van der Waals surface area (Å²) >= 11 is 0. The van der Waals surface area contributed by atoms with Gasteiger partial charge < -0.3 is 10.2 Å². The van der Waals surface area contributed by atoms with Gasteiger partial charge in [0.15, 0.2) is 0 Å². The maximum Gasteiger partial charge on any atom is 0.306 e. The Morgan fingerprint density at radius 3 is 2.32 bits per heavy atom. The van der Waals surface area contributed by atoms with Crippen LogP contribution in [0.5, 0.6) is 0 Å². The molecule has 0 aromatic heterocycles. The zero-order valence-corrected chi connectivity index (χ0v) is 11.5. The number of carbonyl (C=O) groups is 2. The molecule has 0 radical (unpaired) electrons. The van der Waals surface area contributed by atoms with Crippen LogP contribution in [-0.2, 0) is 9.59 Å². The topological polar surface area (TPSA) is 74.6 Å². The summed E-state index contributed by atoms with van der Waals surface area (Å²) in [5.41, 5.74) is 0. The Morgan fingerprint density at radius 2 is 1.74 bits per heavy atom. The average molecular weight is 268 g/mol. The lowest BCUT2D eigenvalue weighted by Crippen LogP contribution is -2.40. The van der Waals surface area contributed by atoms with Crippen LogP contribution in [0.15, 0.2) is 0 Å². The highest BCUT2D eigenvalue weighted by Gasteiger charge is 2.43. The largest absolute Gasteiger partial charge is 0.481 e. The van der Waals surface area contributed by atoms with Crippen molar-refractivity contribution in [1.82, 2.24) is 0 Å². The minimum Gasteiger partial charge on any atom is -0.481 e. The number of hydrogen-bond donors (Lipinski definition) is 2. The monoisotopic (exact) mass is 268 g/mol. The Balaban J connectivity index is 2.05. The average Bonchev–Trinajstić information content (AvgIpc) is 2.37. The Morgan fingerprint density at radius 1 is 1.00 bits per heavy atom. The first-order valence-corrected chi connectivity index (χ1v) is 7.48. The quantitative estimate of drug-likeness (QED) is 0.822. The van der Waals surface area contributed by atoms with Gasteiger partial charge in [-0.15, -0.1) is 0 Å². The molecule has 4 heteroatoms. The van der Waals surface area contributed by atoms with Gasteiger partial charge in [0.2, 0.25) is 0 Å². The smallest absolute Gasteiger partial charge is 0.306 e. The first-order valence-electron chi connectivity index (χ1n) is 7.48. The van der Waals surface area contributed by atoms with E-state index in [1.165, 1.54) is 0 Å². The summed E-state index contributed by atoms with van der Waals surface area (Å²) in [6, 6.07) is 0. The standard InChI is InChI=1S/C15H24O4/c1-2-3-10-6-9-4-5-11(14(16)17)7-12(9)8-13(10)15(18)19/h9-13H,2-8H2,1H3,(H,16,17)(H,18,19). The van der Waals surface area contributed by atoms with E-state index in [2.05, 4.69) is 6.92 Å². The van der Waals surface area contributed by atoms with Crippen LogP contribution in [0.1, 0.15) is 51.9 Å². The maximum atomic E-state index is 11.4. The number of carboxylic acids is 2. The van der Waals surface area contributed by atoms with E-state index >= 15 is 0 Å². The SMILES string of the molecule is CCCC1CC2CCC(C(=O)O)CC2CC1C(=O)O. The second-order valence-electron chi connectivity index (χ2n) is 6.33. The van der Waals surface area contributed by atoms with Crippen LogP contribution in [0.4, 0.5) is 0 Å². The third-order valence-corrected chi connectivity index (χ3v) is 5.20. The van der Waals surface area contributed by atoms with E-state index in [0.717, 1.165) is 32.1 Å². The first-order chi connectivity index (χ1) is 9.02. The molecule has 0 saturated heterocycles. The number of rotatable bonds is 4. The van der Waals surface area contributed by atoms with E-state index in [1.807, 2.05) is 0 Å². The van der Waals surface area contributed by atoms with Gasteiger partial charge in [-0.1, -0.05) is 13.3 Å². The van der Waals surface area contributed by atoms with Gasteiger partial charge in [0.25, 0.3) is 0 Å². The van der Waals surface area contributed by atoms with Crippen molar-refractivity contribution in [2.45, 2.75) is 51.9 Å². The van der Waals surface area contributed by atoms with Crippen LogP contribution in [0.2, 0.25) is 0 Å². The fourth-order valence-electron chi connectivity index (χ4n) is 4.21. The molecule has 5 unspecified atom stereocenters. The van der Waals surface area contributed by atoms with Gasteiger partial charge >= 0.3 is 11.9 Å². The molecule has 0 aromatic rings. The first kappa shape index (κ1) is 14.4. The van der Waals surface area contributed by atoms with Crippen molar-refractivity contribution in [3.05, 3.63) is 0 Å². The second-order valence-corrected chi connectivity index (χ2v) is 6.33. The lowest BCUT2D eigenvalue weighted by Gasteiger charge is -2.44. The van der Waals surface area contributed by atoms with Gasteiger partial charge in [0, 0.05) is 0 Å². The lowest BCUT2D eigenvalue weighted by atomic mass is 9.60. The minimum atomic E-state index is -0.707. The van der Waals surface area contributed by atoms with E-state index in [4.69, 9.17) is 5.11 Å². The Bertz CT molecular complexity index is 352. The molecule has 19 heavy (non-hydrogen) atoms. The number of fused-ring (bicyclic) bond motifs is 1. The highest BCUT2D eigenvalue weighted by Crippen LogP contribution is 2.48. The summed E-state index contributed by atoms with van der Waals surface area (Å²) in [5, 5.41) is 18.5. The van der Waals surface area contributed by atoms with Crippen molar-refractivity contribution >= 4 is 11.9 Å². The summed E-state index contributed by atoms with van der Waals surface area (Å²) in [6.07, 6.45) is 6.12. The van der Waals surface area contributed by atoms with Crippen molar-refractivity contribution < 1.29 is 19.8 Å². The summed E-state index contributed by atoms with van der Waals surface area (Å²) in [7, 11) is 0. The number of aliphatic carboxylic acids is 2. The van der Waals surface area contributed by atoms with Crippen LogP contribution < -0.4 is 0 Å². The fraction of sp³-hybridized carbons (Fsp3) is 0.867. The molecule has 2 rings (SSSR count). The molecule has 0 amide bonds. The fourth-order valence-corrected chi connectivity index (χ4v) is 4.21. The van der Waals surface area contributed by atoms with Gasteiger partial charge in [-0.3, -0.25) is 9.59 Å². The predicted molar refractivity (Wildman–Crippen MR) is 70.7 cm³/mol. The minimum absolute atomic E-state index is 0.251. The molecule has 4 nitrogen and oxygen atoms in total. The van der Waals surface area contributed by atoms with Crippen molar-refractivity contribution in [1.29, 1.82) is 0 Å². The molecule has 0 aromatic carbocycles. The number of hydrogen-bond acceptors (Lipinski definition) is 2. The molecule has 0 spiro atoms. The highest BCUT2D eigenvalue weighted by molar-refractivity contribution is 5.71. The molecule has 0 aliphatic heterocycles. The molecular weight excluding hydrogens is 244 g/mol. The third kappa shape index (κ3) is 3.10. The van der Waals surface area contributed by atoms with E-state index < -0.39 is 11.9 Å². The second kappa shape index (κ2) is 5.93. The molecule has 2 aliphatic carbocycles. The molecule has 2 aliphatic rings. The highest BCUT2D eigenvalue weighted by atomic mass is 16.4. The molecule has 2 N–H and O–H groups in total. The van der Waals surface area contributed by atoms with Gasteiger partial charge in [0.1, 0.15) is 0 Å². The maximum absolute atomic E-state index is 11.4. The van der Waals surface area contributed by atoms with Gasteiger partial charge in [-0.25, -0.2) is 0 Å². The van der Waals surface area contributed by atoms with Gasteiger partial charge in [0.05, 0.1) is 11.8 Å². The van der Waals surface area contributed by atoms with Crippen molar-refractivity contribution in [3.63, 3.8) is 0 Å². The molecular formula is C15H24O4. The zero-order valence-electron chi connectivity index (χ0n) is 11.5. The lowest BCUT2D eigenvalue weighted by molar-refractivity contribution is -0.149. The van der Waals surface area contributed by atoms with E-state index in [0.29, 0.717) is 30.6 Å². The number of carboxylic acid groups (broad SMARTS) is 2. The molecule has 0 heterocycles. The van der Waals surface area contributed by atoms with Crippen LogP contribution in [0, 0.1) is 29.6 Å². The molecule has 0 bridgehead atoms. The van der Waals surface area contributed by atoms with Crippen molar-refractivity contribution in [2.75, 3.05) is 0 Å². The predicted octanol–water partition coefficient (Wildman–Crippen LogP) is 3.01. The summed E-state index contributed by atoms with van der Waals surface area (Å²) in [4.78, 5) is 22.5. The molecule has 5 atom stereocenters. The molecule has 2 saturated carbocycles. The summed E-state index contributed by atoms with van der Waals surface area (Å²) < 4.78 is 0. The van der Waals surface area contributed by atoms with Gasteiger partial charge in [-0.2, -0.15) is 0 Å². The van der Waals surface area contributed by atoms with Crippen molar-refractivity contribution in [3.8, 4) is 0 Å².